The van der Waals surface area contributed by atoms with Gasteiger partial charge in [0.2, 0.25) is 5.91 Å². The molecule has 0 spiro atoms. The maximum atomic E-state index is 11.6. The molecule has 0 fully saturated rings. The van der Waals surface area contributed by atoms with Crippen molar-refractivity contribution in [3.63, 3.8) is 0 Å². The number of carbonyl (C=O) groups is 2. The van der Waals surface area contributed by atoms with Gasteiger partial charge >= 0.3 is 5.97 Å². The summed E-state index contributed by atoms with van der Waals surface area (Å²) in [6.45, 7) is 3.49. The lowest BCUT2D eigenvalue weighted by Crippen LogP contribution is -2.50. The molecule has 0 rings (SSSR count). The number of rotatable bonds is 7. The molecule has 0 saturated carbocycles. The molecular weight excluding hydrogens is 228 g/mol. The van der Waals surface area contributed by atoms with Gasteiger partial charge in [0.1, 0.15) is 6.04 Å². The lowest BCUT2D eigenvalue weighted by atomic mass is 10.0. The molecule has 0 saturated heterocycles. The molecule has 94 valence electrons. The molecule has 0 aromatic rings. The molecule has 0 bridgehead atoms. The average molecular weight is 248 g/mol. The zero-order valence-electron chi connectivity index (χ0n) is 9.90. The Hall–Kier alpha value is -0.750. The van der Waals surface area contributed by atoms with Gasteiger partial charge < -0.3 is 16.2 Å². The minimum absolute atomic E-state index is 0.158. The maximum absolute atomic E-state index is 11.6. The van der Waals surface area contributed by atoms with Crippen molar-refractivity contribution in [1.29, 1.82) is 0 Å². The summed E-state index contributed by atoms with van der Waals surface area (Å²) in [6, 6.07) is -1.50. The fourth-order valence-electron chi connectivity index (χ4n) is 1.15. The van der Waals surface area contributed by atoms with Gasteiger partial charge in [-0.2, -0.15) is 11.8 Å². The number of carbonyl (C=O) groups excluding carboxylic acids is 1. The molecule has 1 unspecified atom stereocenters. The van der Waals surface area contributed by atoms with Crippen LogP contribution in [0.5, 0.6) is 0 Å². The number of nitrogens with one attached hydrogen (secondary N) is 1. The molecule has 1 amide bonds. The average Bonchev–Trinajstić information content (AvgIpc) is 2.20. The van der Waals surface area contributed by atoms with Gasteiger partial charge in [-0.05, 0) is 24.3 Å². The van der Waals surface area contributed by atoms with Crippen LogP contribution < -0.4 is 11.1 Å². The quantitative estimate of drug-likeness (QED) is 0.602. The van der Waals surface area contributed by atoms with Gasteiger partial charge in [-0.3, -0.25) is 4.79 Å². The molecule has 0 aromatic carbocycles. The van der Waals surface area contributed by atoms with Crippen molar-refractivity contribution < 1.29 is 14.7 Å². The summed E-state index contributed by atoms with van der Waals surface area (Å²) >= 11 is 1.60. The monoisotopic (exact) mass is 248 g/mol. The predicted octanol–water partition coefficient (Wildman–Crippen LogP) is 0.292. The van der Waals surface area contributed by atoms with Gasteiger partial charge in [-0.25, -0.2) is 4.79 Å². The van der Waals surface area contributed by atoms with Crippen LogP contribution in [0.1, 0.15) is 20.3 Å². The highest BCUT2D eigenvalue weighted by Crippen LogP contribution is 2.04. The van der Waals surface area contributed by atoms with Crippen LogP contribution in [-0.4, -0.2) is 41.1 Å². The van der Waals surface area contributed by atoms with Crippen LogP contribution in [0.25, 0.3) is 0 Å². The second-order valence-electron chi connectivity index (χ2n) is 3.96. The molecule has 0 radical (unpaired) electrons. The second-order valence-corrected chi connectivity index (χ2v) is 4.94. The molecule has 16 heavy (non-hydrogen) atoms. The van der Waals surface area contributed by atoms with Gasteiger partial charge in [0.05, 0.1) is 6.04 Å². The van der Waals surface area contributed by atoms with Crippen molar-refractivity contribution in [2.45, 2.75) is 32.4 Å². The minimum atomic E-state index is -1.03. The predicted molar refractivity (Wildman–Crippen MR) is 65.4 cm³/mol. The van der Waals surface area contributed by atoms with Crippen molar-refractivity contribution in [1.82, 2.24) is 5.32 Å². The van der Waals surface area contributed by atoms with E-state index in [1.165, 1.54) is 0 Å². The number of aliphatic carboxylic acids is 1. The first-order valence-electron chi connectivity index (χ1n) is 5.17. The van der Waals surface area contributed by atoms with E-state index in [9.17, 15) is 9.59 Å². The Kier molecular flexibility index (Phi) is 7.16. The SMILES string of the molecule is CSCC[C@@H](N)C(=O)NC(C(=O)O)C(C)C. The van der Waals surface area contributed by atoms with Gasteiger partial charge in [0, 0.05) is 0 Å². The number of amides is 1. The van der Waals surface area contributed by atoms with Gasteiger partial charge in [0.25, 0.3) is 0 Å². The zero-order valence-corrected chi connectivity index (χ0v) is 10.7. The number of nitrogens with two attached hydrogens (primary N) is 1. The van der Waals surface area contributed by atoms with E-state index in [1.807, 2.05) is 6.26 Å². The van der Waals surface area contributed by atoms with E-state index >= 15 is 0 Å². The number of carboxylic acid groups (broad SMARTS) is 1. The third-order valence-corrected chi connectivity index (χ3v) is 2.84. The van der Waals surface area contributed by atoms with Crippen molar-refractivity contribution >= 4 is 23.6 Å². The lowest BCUT2D eigenvalue weighted by molar-refractivity contribution is -0.143. The second kappa shape index (κ2) is 7.51. The fraction of sp³-hybridized carbons (Fsp3) is 0.800. The third kappa shape index (κ3) is 5.37. The van der Waals surface area contributed by atoms with Crippen LogP contribution in [-0.2, 0) is 9.59 Å². The summed E-state index contributed by atoms with van der Waals surface area (Å²) in [5.41, 5.74) is 5.63. The highest BCUT2D eigenvalue weighted by atomic mass is 32.2. The largest absolute Gasteiger partial charge is 0.480 e. The van der Waals surface area contributed by atoms with Gasteiger partial charge in [-0.1, -0.05) is 13.8 Å². The van der Waals surface area contributed by atoms with E-state index in [0.29, 0.717) is 6.42 Å². The number of hydrogen-bond acceptors (Lipinski definition) is 4. The van der Waals surface area contributed by atoms with E-state index in [4.69, 9.17) is 10.8 Å². The normalized spacial score (nSPS) is 14.6. The van der Waals surface area contributed by atoms with Crippen LogP contribution in [0.3, 0.4) is 0 Å². The van der Waals surface area contributed by atoms with E-state index in [1.54, 1.807) is 25.6 Å². The Labute approximate surface area is 100 Å². The molecule has 0 heterocycles. The summed E-state index contributed by atoms with van der Waals surface area (Å²) in [5, 5.41) is 11.3. The zero-order chi connectivity index (χ0) is 12.7. The van der Waals surface area contributed by atoms with Crippen LogP contribution in [0, 0.1) is 5.92 Å². The fourth-order valence-corrected chi connectivity index (χ4v) is 1.64. The number of hydrogen-bond donors (Lipinski definition) is 3. The Morgan fingerprint density at radius 1 is 1.44 bits per heavy atom. The summed E-state index contributed by atoms with van der Waals surface area (Å²) < 4.78 is 0. The van der Waals surface area contributed by atoms with E-state index < -0.39 is 24.0 Å². The van der Waals surface area contributed by atoms with Crippen LogP contribution >= 0.6 is 11.8 Å². The van der Waals surface area contributed by atoms with Gasteiger partial charge in [-0.15, -0.1) is 0 Å². The van der Waals surface area contributed by atoms with E-state index in [2.05, 4.69) is 5.32 Å². The summed E-state index contributed by atoms with van der Waals surface area (Å²) in [4.78, 5) is 22.4. The lowest BCUT2D eigenvalue weighted by Gasteiger charge is -2.20. The number of thioether (sulfide) groups is 1. The van der Waals surface area contributed by atoms with Crippen molar-refractivity contribution in [3.05, 3.63) is 0 Å². The number of carboxylic acids is 1. The summed E-state index contributed by atoms with van der Waals surface area (Å²) in [6.07, 6.45) is 2.48. The first-order valence-corrected chi connectivity index (χ1v) is 6.57. The topological polar surface area (TPSA) is 92.4 Å². The minimum Gasteiger partial charge on any atom is -0.480 e. The third-order valence-electron chi connectivity index (χ3n) is 2.20. The highest BCUT2D eigenvalue weighted by molar-refractivity contribution is 7.98. The van der Waals surface area contributed by atoms with Crippen molar-refractivity contribution in [2.75, 3.05) is 12.0 Å². The maximum Gasteiger partial charge on any atom is 0.326 e. The Balaban J connectivity index is 4.24. The standard InChI is InChI=1S/C10H20N2O3S/c1-6(2)8(10(14)15)12-9(13)7(11)4-5-16-3/h6-8H,4-5,11H2,1-3H3,(H,12,13)(H,14,15)/t7-,8?/m1/s1. The van der Waals surface area contributed by atoms with Crippen molar-refractivity contribution in [3.8, 4) is 0 Å². The van der Waals surface area contributed by atoms with Crippen LogP contribution in [0.15, 0.2) is 0 Å². The first-order chi connectivity index (χ1) is 7.40. The van der Waals surface area contributed by atoms with E-state index in [0.717, 1.165) is 5.75 Å². The molecular formula is C10H20N2O3S. The molecule has 2 atom stereocenters. The van der Waals surface area contributed by atoms with Crippen LogP contribution in [0.2, 0.25) is 0 Å². The van der Waals surface area contributed by atoms with E-state index in [-0.39, 0.29) is 5.92 Å². The highest BCUT2D eigenvalue weighted by Gasteiger charge is 2.25. The molecule has 4 N–H and O–H groups in total. The van der Waals surface area contributed by atoms with Crippen LogP contribution in [0.4, 0.5) is 0 Å². The molecule has 0 aromatic heterocycles. The first kappa shape index (κ1) is 15.2. The molecule has 6 heteroatoms. The van der Waals surface area contributed by atoms with Gasteiger partial charge in [0.15, 0.2) is 0 Å². The molecule has 5 nitrogen and oxygen atoms in total. The molecule has 0 aliphatic rings. The Morgan fingerprint density at radius 3 is 2.38 bits per heavy atom. The Morgan fingerprint density at radius 2 is 2.00 bits per heavy atom. The van der Waals surface area contributed by atoms with Crippen molar-refractivity contribution in [2.24, 2.45) is 11.7 Å². The summed E-state index contributed by atoms with van der Waals surface area (Å²) in [7, 11) is 0. The molecule has 0 aliphatic carbocycles. The molecule has 0 aliphatic heterocycles. The smallest absolute Gasteiger partial charge is 0.326 e. The Bertz CT molecular complexity index is 246. The summed E-state index contributed by atoms with van der Waals surface area (Å²) in [5.74, 6) is -0.793.